The standard InChI is InChI=1S/C27H24N4O2S/c1-3-18-12-14-19(15-13-18)28-23(32)16-34-27-30-24-20-9-5-6-10-21(20)29-25(24)26(33)31(27)22-11-7-4-8-17(22)2/h4-15,29H,3,16H2,1-2H3,(H,28,32). The van der Waals surface area contributed by atoms with E-state index in [1.54, 1.807) is 4.57 Å². The van der Waals surface area contributed by atoms with E-state index < -0.39 is 0 Å². The van der Waals surface area contributed by atoms with E-state index in [4.69, 9.17) is 4.98 Å². The third-order valence-corrected chi connectivity index (χ3v) is 6.77. The van der Waals surface area contributed by atoms with Gasteiger partial charge in [-0.3, -0.25) is 14.2 Å². The number of fused-ring (bicyclic) bond motifs is 3. The SMILES string of the molecule is CCc1ccc(NC(=O)CSc2nc3c([nH]c4ccccc43)c(=O)n2-c2ccccc2C)cc1. The summed E-state index contributed by atoms with van der Waals surface area (Å²) in [7, 11) is 0. The number of hydrogen-bond acceptors (Lipinski definition) is 4. The molecule has 0 bridgehead atoms. The number of aromatic nitrogens is 3. The molecule has 0 saturated heterocycles. The first-order valence-electron chi connectivity index (χ1n) is 11.2. The second-order valence-electron chi connectivity index (χ2n) is 8.10. The van der Waals surface area contributed by atoms with Gasteiger partial charge in [0.25, 0.3) is 5.56 Å². The largest absolute Gasteiger partial charge is 0.349 e. The van der Waals surface area contributed by atoms with E-state index in [1.807, 2.05) is 79.7 Å². The van der Waals surface area contributed by atoms with Crippen molar-refractivity contribution in [1.82, 2.24) is 14.5 Å². The number of anilines is 1. The normalized spacial score (nSPS) is 11.2. The Morgan fingerprint density at radius 3 is 2.53 bits per heavy atom. The number of aryl methyl sites for hydroxylation is 2. The second kappa shape index (κ2) is 9.19. The molecule has 5 aromatic rings. The van der Waals surface area contributed by atoms with Crippen molar-refractivity contribution in [3.8, 4) is 5.69 Å². The summed E-state index contributed by atoms with van der Waals surface area (Å²) in [5.41, 5.74) is 5.40. The zero-order valence-electron chi connectivity index (χ0n) is 19.0. The van der Waals surface area contributed by atoms with Crippen LogP contribution in [-0.2, 0) is 11.2 Å². The third kappa shape index (κ3) is 4.10. The van der Waals surface area contributed by atoms with Crippen molar-refractivity contribution >= 4 is 45.3 Å². The molecule has 1 amide bonds. The van der Waals surface area contributed by atoms with Crippen molar-refractivity contribution in [2.75, 3.05) is 11.1 Å². The minimum atomic E-state index is -0.187. The first-order valence-corrected chi connectivity index (χ1v) is 12.1. The first kappa shape index (κ1) is 22.0. The smallest absolute Gasteiger partial charge is 0.283 e. The van der Waals surface area contributed by atoms with Crippen LogP contribution in [0, 0.1) is 6.92 Å². The van der Waals surface area contributed by atoms with Crippen LogP contribution in [-0.4, -0.2) is 26.2 Å². The van der Waals surface area contributed by atoms with Crippen molar-refractivity contribution in [1.29, 1.82) is 0 Å². The molecule has 0 fully saturated rings. The maximum atomic E-state index is 13.6. The van der Waals surface area contributed by atoms with Crippen LogP contribution in [0.25, 0.3) is 27.6 Å². The van der Waals surface area contributed by atoms with E-state index in [1.165, 1.54) is 17.3 Å². The van der Waals surface area contributed by atoms with Gasteiger partial charge >= 0.3 is 0 Å². The van der Waals surface area contributed by atoms with Crippen LogP contribution in [0.15, 0.2) is 82.7 Å². The minimum Gasteiger partial charge on any atom is -0.349 e. The number of nitrogens with one attached hydrogen (secondary N) is 2. The number of thioether (sulfide) groups is 1. The molecule has 34 heavy (non-hydrogen) atoms. The molecule has 5 rings (SSSR count). The van der Waals surface area contributed by atoms with E-state index in [0.717, 1.165) is 34.3 Å². The maximum Gasteiger partial charge on any atom is 0.283 e. The van der Waals surface area contributed by atoms with Gasteiger partial charge in [-0.1, -0.05) is 67.2 Å². The van der Waals surface area contributed by atoms with Gasteiger partial charge in [0.1, 0.15) is 11.0 Å². The van der Waals surface area contributed by atoms with Crippen molar-refractivity contribution in [2.24, 2.45) is 0 Å². The summed E-state index contributed by atoms with van der Waals surface area (Å²) < 4.78 is 1.60. The molecular formula is C27H24N4O2S. The lowest BCUT2D eigenvalue weighted by molar-refractivity contribution is -0.113. The highest BCUT2D eigenvalue weighted by molar-refractivity contribution is 7.99. The quantitative estimate of drug-likeness (QED) is 0.256. The number of benzene rings is 3. The Morgan fingerprint density at radius 2 is 1.76 bits per heavy atom. The van der Waals surface area contributed by atoms with Gasteiger partial charge in [-0.15, -0.1) is 0 Å². The Balaban J connectivity index is 1.53. The molecule has 0 aliphatic rings. The van der Waals surface area contributed by atoms with Crippen LogP contribution in [0.2, 0.25) is 0 Å². The number of para-hydroxylation sites is 2. The summed E-state index contributed by atoms with van der Waals surface area (Å²) in [5.74, 6) is -0.0271. The lowest BCUT2D eigenvalue weighted by atomic mass is 10.1. The fraction of sp³-hybridized carbons (Fsp3) is 0.148. The number of carbonyl (C=O) groups is 1. The van der Waals surface area contributed by atoms with Crippen LogP contribution >= 0.6 is 11.8 Å². The number of carbonyl (C=O) groups excluding carboxylic acids is 1. The zero-order valence-corrected chi connectivity index (χ0v) is 19.8. The molecule has 0 atom stereocenters. The summed E-state index contributed by atoms with van der Waals surface area (Å²) in [5, 5.41) is 4.29. The van der Waals surface area contributed by atoms with Crippen molar-refractivity contribution in [3.63, 3.8) is 0 Å². The molecule has 170 valence electrons. The maximum absolute atomic E-state index is 13.6. The number of nitrogens with zero attached hydrogens (tertiary/aromatic N) is 2. The monoisotopic (exact) mass is 468 g/mol. The van der Waals surface area contributed by atoms with Gasteiger partial charge < -0.3 is 10.3 Å². The van der Waals surface area contributed by atoms with Crippen molar-refractivity contribution in [3.05, 3.63) is 94.3 Å². The van der Waals surface area contributed by atoms with E-state index in [9.17, 15) is 9.59 Å². The number of aromatic amines is 1. The molecule has 0 aliphatic heterocycles. The highest BCUT2D eigenvalue weighted by Gasteiger charge is 2.19. The molecule has 2 aromatic heterocycles. The topological polar surface area (TPSA) is 79.8 Å². The predicted octanol–water partition coefficient (Wildman–Crippen LogP) is 5.47. The summed E-state index contributed by atoms with van der Waals surface area (Å²) in [6, 6.07) is 23.2. The predicted molar refractivity (Wildman–Crippen MR) is 139 cm³/mol. The summed E-state index contributed by atoms with van der Waals surface area (Å²) >= 11 is 1.25. The fourth-order valence-electron chi connectivity index (χ4n) is 4.02. The lowest BCUT2D eigenvalue weighted by Gasteiger charge is -2.14. The van der Waals surface area contributed by atoms with Gasteiger partial charge in [-0.25, -0.2) is 4.98 Å². The molecule has 0 saturated carbocycles. The van der Waals surface area contributed by atoms with Crippen LogP contribution < -0.4 is 10.9 Å². The van der Waals surface area contributed by atoms with Crippen molar-refractivity contribution in [2.45, 2.75) is 25.4 Å². The third-order valence-electron chi connectivity index (χ3n) is 5.83. The fourth-order valence-corrected chi connectivity index (χ4v) is 4.82. The van der Waals surface area contributed by atoms with Crippen LogP contribution in [0.4, 0.5) is 5.69 Å². The Labute approximate surface area is 201 Å². The molecule has 3 aromatic carbocycles. The lowest BCUT2D eigenvalue weighted by Crippen LogP contribution is -2.23. The van der Waals surface area contributed by atoms with Gasteiger partial charge in [0.2, 0.25) is 5.91 Å². The average Bonchev–Trinajstić information content (AvgIpc) is 3.23. The summed E-state index contributed by atoms with van der Waals surface area (Å²) in [6.45, 7) is 4.05. The minimum absolute atomic E-state index is 0.127. The molecule has 2 N–H and O–H groups in total. The molecule has 7 heteroatoms. The zero-order chi connectivity index (χ0) is 23.7. The molecule has 2 heterocycles. The molecule has 0 spiro atoms. The molecule has 0 unspecified atom stereocenters. The van der Waals surface area contributed by atoms with Gasteiger partial charge in [0, 0.05) is 16.6 Å². The van der Waals surface area contributed by atoms with Crippen LogP contribution in [0.1, 0.15) is 18.1 Å². The van der Waals surface area contributed by atoms with Gasteiger partial charge in [0.05, 0.1) is 11.4 Å². The molecule has 0 aliphatic carbocycles. The Morgan fingerprint density at radius 1 is 1.03 bits per heavy atom. The summed E-state index contributed by atoms with van der Waals surface area (Å²) in [4.78, 5) is 34.4. The first-order chi connectivity index (χ1) is 16.5. The van der Waals surface area contributed by atoms with Crippen molar-refractivity contribution < 1.29 is 4.79 Å². The van der Waals surface area contributed by atoms with E-state index in [-0.39, 0.29) is 17.2 Å². The van der Waals surface area contributed by atoms with Crippen LogP contribution in [0.5, 0.6) is 0 Å². The summed E-state index contributed by atoms with van der Waals surface area (Å²) in [6.07, 6.45) is 0.947. The number of H-pyrrole nitrogens is 1. The average molecular weight is 469 g/mol. The van der Waals surface area contributed by atoms with Gasteiger partial charge in [-0.05, 0) is 48.7 Å². The van der Waals surface area contributed by atoms with Crippen LogP contribution in [0.3, 0.4) is 0 Å². The highest BCUT2D eigenvalue weighted by Crippen LogP contribution is 2.27. The molecule has 6 nitrogen and oxygen atoms in total. The van der Waals surface area contributed by atoms with E-state index >= 15 is 0 Å². The second-order valence-corrected chi connectivity index (χ2v) is 9.05. The van der Waals surface area contributed by atoms with E-state index in [2.05, 4.69) is 17.2 Å². The van der Waals surface area contributed by atoms with Gasteiger partial charge in [-0.2, -0.15) is 0 Å². The Kier molecular flexibility index (Phi) is 5.94. The van der Waals surface area contributed by atoms with E-state index in [0.29, 0.717) is 16.2 Å². The molecule has 0 radical (unpaired) electrons. The number of hydrogen-bond donors (Lipinski definition) is 2. The Hall–Kier alpha value is -3.84. The number of amides is 1. The number of rotatable bonds is 6. The van der Waals surface area contributed by atoms with Gasteiger partial charge in [0.15, 0.2) is 5.16 Å². The molecular weight excluding hydrogens is 444 g/mol. The Bertz CT molecular complexity index is 1570. The highest BCUT2D eigenvalue weighted by atomic mass is 32.2.